The summed E-state index contributed by atoms with van der Waals surface area (Å²) in [5.41, 5.74) is 3.86. The number of allylic oxidation sites excluding steroid dienone is 1. The molecule has 17 heavy (non-hydrogen) atoms. The number of dihydropyridines is 1. The SMILES string of the molecule is CC1CC=C2C(=O)c3ccccc3CCC2=N1. The van der Waals surface area contributed by atoms with Gasteiger partial charge in [-0.2, -0.15) is 0 Å². The lowest BCUT2D eigenvalue weighted by Gasteiger charge is -2.15. The molecule has 86 valence electrons. The summed E-state index contributed by atoms with van der Waals surface area (Å²) >= 11 is 0. The second-order valence-electron chi connectivity index (χ2n) is 4.76. The van der Waals surface area contributed by atoms with Crippen molar-refractivity contribution in [2.45, 2.75) is 32.2 Å². The minimum Gasteiger partial charge on any atom is -0.289 e. The van der Waals surface area contributed by atoms with Crippen molar-refractivity contribution in [3.63, 3.8) is 0 Å². The number of ketones is 1. The molecule has 1 aliphatic carbocycles. The zero-order valence-electron chi connectivity index (χ0n) is 9.94. The first kappa shape index (κ1) is 10.5. The number of fused-ring (bicyclic) bond motifs is 2. The van der Waals surface area contributed by atoms with Crippen LogP contribution in [0.4, 0.5) is 0 Å². The Hall–Kier alpha value is -1.70. The van der Waals surface area contributed by atoms with Gasteiger partial charge in [0.2, 0.25) is 0 Å². The molecule has 1 atom stereocenters. The topological polar surface area (TPSA) is 29.4 Å². The highest BCUT2D eigenvalue weighted by atomic mass is 16.1. The highest BCUT2D eigenvalue weighted by molar-refractivity contribution is 6.29. The fraction of sp³-hybridized carbons (Fsp3) is 0.333. The van der Waals surface area contributed by atoms with E-state index in [1.54, 1.807) is 0 Å². The van der Waals surface area contributed by atoms with E-state index in [9.17, 15) is 4.79 Å². The molecule has 0 fully saturated rings. The van der Waals surface area contributed by atoms with Crippen LogP contribution in [0.15, 0.2) is 40.9 Å². The Morgan fingerprint density at radius 2 is 2.06 bits per heavy atom. The van der Waals surface area contributed by atoms with E-state index in [1.165, 1.54) is 0 Å². The number of rotatable bonds is 0. The van der Waals surface area contributed by atoms with Crippen molar-refractivity contribution in [2.75, 3.05) is 0 Å². The number of aryl methyl sites for hydroxylation is 1. The summed E-state index contributed by atoms with van der Waals surface area (Å²) in [4.78, 5) is 17.1. The van der Waals surface area contributed by atoms with Crippen LogP contribution in [-0.4, -0.2) is 17.5 Å². The Labute approximate surface area is 101 Å². The zero-order chi connectivity index (χ0) is 11.8. The van der Waals surface area contributed by atoms with Crippen molar-refractivity contribution >= 4 is 11.5 Å². The molecule has 1 unspecified atom stereocenters. The fourth-order valence-electron chi connectivity index (χ4n) is 2.58. The maximum atomic E-state index is 12.4. The van der Waals surface area contributed by atoms with Crippen molar-refractivity contribution in [3.05, 3.63) is 47.0 Å². The predicted octanol–water partition coefficient (Wildman–Crippen LogP) is 2.98. The zero-order valence-corrected chi connectivity index (χ0v) is 9.94. The monoisotopic (exact) mass is 225 g/mol. The van der Waals surface area contributed by atoms with Gasteiger partial charge in [-0.3, -0.25) is 9.79 Å². The highest BCUT2D eigenvalue weighted by Crippen LogP contribution is 2.26. The Bertz CT molecular complexity index is 540. The third-order valence-electron chi connectivity index (χ3n) is 3.49. The summed E-state index contributed by atoms with van der Waals surface area (Å²) in [6.07, 6.45) is 4.76. The maximum absolute atomic E-state index is 12.4. The molecule has 1 aliphatic heterocycles. The third-order valence-corrected chi connectivity index (χ3v) is 3.49. The van der Waals surface area contributed by atoms with E-state index in [0.717, 1.165) is 41.7 Å². The van der Waals surface area contributed by atoms with Gasteiger partial charge in [0.15, 0.2) is 5.78 Å². The van der Waals surface area contributed by atoms with Crippen LogP contribution in [0.1, 0.15) is 35.7 Å². The number of aliphatic imine (C=N–C) groups is 1. The lowest BCUT2D eigenvalue weighted by Crippen LogP contribution is -2.18. The van der Waals surface area contributed by atoms with Gasteiger partial charge in [0.05, 0.1) is 6.04 Å². The number of hydrogen-bond donors (Lipinski definition) is 0. The van der Waals surface area contributed by atoms with Gasteiger partial charge in [0, 0.05) is 16.8 Å². The first-order valence-electron chi connectivity index (χ1n) is 6.15. The summed E-state index contributed by atoms with van der Waals surface area (Å²) < 4.78 is 0. The first-order chi connectivity index (χ1) is 8.25. The minimum atomic E-state index is 0.156. The number of benzene rings is 1. The molecular formula is C15H15NO. The maximum Gasteiger partial charge on any atom is 0.194 e. The largest absolute Gasteiger partial charge is 0.289 e. The van der Waals surface area contributed by atoms with E-state index in [1.807, 2.05) is 18.2 Å². The van der Waals surface area contributed by atoms with Crippen molar-refractivity contribution in [3.8, 4) is 0 Å². The summed E-state index contributed by atoms with van der Waals surface area (Å²) in [7, 11) is 0. The van der Waals surface area contributed by atoms with Crippen LogP contribution in [0, 0.1) is 0 Å². The average molecular weight is 225 g/mol. The Morgan fingerprint density at radius 1 is 1.24 bits per heavy atom. The molecule has 0 saturated carbocycles. The van der Waals surface area contributed by atoms with Crippen molar-refractivity contribution < 1.29 is 4.79 Å². The van der Waals surface area contributed by atoms with E-state index in [4.69, 9.17) is 0 Å². The Kier molecular flexibility index (Phi) is 2.43. The van der Waals surface area contributed by atoms with Crippen LogP contribution in [0.2, 0.25) is 0 Å². The standard InChI is InChI=1S/C15H15NO/c1-10-6-8-13-14(16-10)9-7-11-4-2-3-5-12(11)15(13)17/h2-5,8,10H,6-7,9H2,1H3. The molecule has 0 radical (unpaired) electrons. The van der Waals surface area contributed by atoms with Crippen LogP contribution in [0.25, 0.3) is 0 Å². The quantitative estimate of drug-likeness (QED) is 0.667. The molecule has 0 spiro atoms. The molecule has 0 aromatic heterocycles. The van der Waals surface area contributed by atoms with Gasteiger partial charge in [-0.1, -0.05) is 30.3 Å². The molecule has 2 heteroatoms. The average Bonchev–Trinajstić information content (AvgIpc) is 2.48. The predicted molar refractivity (Wildman–Crippen MR) is 68.7 cm³/mol. The van der Waals surface area contributed by atoms with Gasteiger partial charge < -0.3 is 0 Å². The molecule has 2 aliphatic rings. The van der Waals surface area contributed by atoms with E-state index in [0.29, 0.717) is 6.04 Å². The molecule has 3 rings (SSSR count). The number of hydrogen-bond acceptors (Lipinski definition) is 2. The number of carbonyl (C=O) groups is 1. The Morgan fingerprint density at radius 3 is 2.94 bits per heavy atom. The summed E-state index contributed by atoms with van der Waals surface area (Å²) in [5.74, 6) is 0.156. The lowest BCUT2D eigenvalue weighted by atomic mass is 9.96. The summed E-state index contributed by atoms with van der Waals surface area (Å²) in [6, 6.07) is 8.24. The van der Waals surface area contributed by atoms with Gasteiger partial charge in [0.25, 0.3) is 0 Å². The van der Waals surface area contributed by atoms with Gasteiger partial charge in [-0.05, 0) is 31.7 Å². The van der Waals surface area contributed by atoms with Gasteiger partial charge in [-0.25, -0.2) is 0 Å². The summed E-state index contributed by atoms with van der Waals surface area (Å²) in [6.45, 7) is 2.10. The molecule has 0 N–H and O–H groups in total. The molecule has 0 saturated heterocycles. The first-order valence-corrected chi connectivity index (χ1v) is 6.15. The van der Waals surface area contributed by atoms with Crippen LogP contribution in [0.5, 0.6) is 0 Å². The van der Waals surface area contributed by atoms with Crippen LogP contribution in [-0.2, 0) is 6.42 Å². The number of nitrogens with zero attached hydrogens (tertiary/aromatic N) is 1. The van der Waals surface area contributed by atoms with Crippen molar-refractivity contribution in [1.82, 2.24) is 0 Å². The van der Waals surface area contributed by atoms with Gasteiger partial charge in [0.1, 0.15) is 0 Å². The van der Waals surface area contributed by atoms with E-state index >= 15 is 0 Å². The van der Waals surface area contributed by atoms with E-state index < -0.39 is 0 Å². The molecular weight excluding hydrogens is 210 g/mol. The minimum absolute atomic E-state index is 0.156. The van der Waals surface area contributed by atoms with Crippen molar-refractivity contribution in [1.29, 1.82) is 0 Å². The smallest absolute Gasteiger partial charge is 0.194 e. The molecule has 1 heterocycles. The molecule has 2 nitrogen and oxygen atoms in total. The van der Waals surface area contributed by atoms with Crippen LogP contribution < -0.4 is 0 Å². The summed E-state index contributed by atoms with van der Waals surface area (Å²) in [5, 5.41) is 0. The molecule has 1 aromatic rings. The molecule has 0 amide bonds. The van der Waals surface area contributed by atoms with Crippen LogP contribution in [0.3, 0.4) is 0 Å². The normalized spacial score (nSPS) is 23.1. The second-order valence-corrected chi connectivity index (χ2v) is 4.76. The number of carbonyl (C=O) groups excluding carboxylic acids is 1. The second kappa shape index (κ2) is 3.95. The lowest BCUT2D eigenvalue weighted by molar-refractivity contribution is 0.103. The fourth-order valence-corrected chi connectivity index (χ4v) is 2.58. The highest BCUT2D eigenvalue weighted by Gasteiger charge is 2.26. The van der Waals surface area contributed by atoms with Crippen molar-refractivity contribution in [2.24, 2.45) is 4.99 Å². The van der Waals surface area contributed by atoms with Gasteiger partial charge >= 0.3 is 0 Å². The van der Waals surface area contributed by atoms with Crippen LogP contribution >= 0.6 is 0 Å². The van der Waals surface area contributed by atoms with E-state index in [2.05, 4.69) is 24.1 Å². The number of Topliss-reactive ketones (excluding diaryl/α,β-unsaturated/α-hetero) is 1. The van der Waals surface area contributed by atoms with Gasteiger partial charge in [-0.15, -0.1) is 0 Å². The third kappa shape index (κ3) is 1.74. The molecule has 0 bridgehead atoms. The Balaban J connectivity index is 2.10. The van der Waals surface area contributed by atoms with E-state index in [-0.39, 0.29) is 5.78 Å². The molecule has 1 aromatic carbocycles.